The molecule has 0 aliphatic carbocycles. The zero-order valence-corrected chi connectivity index (χ0v) is 10.8. The number of hydrogen-bond acceptors (Lipinski definition) is 4. The molecule has 0 saturated carbocycles. The van der Waals surface area contributed by atoms with E-state index in [0.717, 1.165) is 5.56 Å². The van der Waals surface area contributed by atoms with Gasteiger partial charge in [-0.3, -0.25) is 0 Å². The van der Waals surface area contributed by atoms with Crippen LogP contribution >= 0.6 is 0 Å². The lowest BCUT2D eigenvalue weighted by atomic mass is 9.92. The molecule has 0 radical (unpaired) electrons. The first-order chi connectivity index (χ1) is 8.94. The molecule has 7 heteroatoms. The summed E-state index contributed by atoms with van der Waals surface area (Å²) in [5, 5.41) is 17.2. The van der Waals surface area contributed by atoms with E-state index in [1.54, 1.807) is 18.2 Å². The van der Waals surface area contributed by atoms with Crippen molar-refractivity contribution < 1.29 is 18.3 Å². The van der Waals surface area contributed by atoms with Crippen LogP contribution in [0.15, 0.2) is 29.2 Å². The summed E-state index contributed by atoms with van der Waals surface area (Å²) in [5.74, 6) is -0.424. The van der Waals surface area contributed by atoms with Gasteiger partial charge in [-0.25, -0.2) is 13.2 Å². The number of nitrogens with zero attached hydrogens (tertiary/aromatic N) is 2. The Hall–Kier alpha value is -2.07. The van der Waals surface area contributed by atoms with Gasteiger partial charge in [0.2, 0.25) is 0 Å². The quantitative estimate of drug-likeness (QED) is 0.892. The second kappa shape index (κ2) is 4.90. The van der Waals surface area contributed by atoms with Crippen molar-refractivity contribution in [3.8, 4) is 6.07 Å². The zero-order valence-electron chi connectivity index (χ0n) is 9.98. The van der Waals surface area contributed by atoms with Crippen molar-refractivity contribution in [3.05, 3.63) is 29.8 Å². The molecule has 1 aliphatic rings. The van der Waals surface area contributed by atoms with Crippen molar-refractivity contribution in [1.82, 2.24) is 4.90 Å². The van der Waals surface area contributed by atoms with Crippen LogP contribution in [0.1, 0.15) is 11.5 Å². The third-order valence-electron chi connectivity index (χ3n) is 3.12. The van der Waals surface area contributed by atoms with Gasteiger partial charge in [0.05, 0.1) is 11.0 Å². The van der Waals surface area contributed by atoms with E-state index in [2.05, 4.69) is 0 Å². The summed E-state index contributed by atoms with van der Waals surface area (Å²) in [6, 6.07) is 7.90. The molecule has 1 fully saturated rings. The van der Waals surface area contributed by atoms with Crippen LogP contribution in [0.3, 0.4) is 0 Å². The van der Waals surface area contributed by atoms with Crippen molar-refractivity contribution in [3.63, 3.8) is 0 Å². The van der Waals surface area contributed by atoms with E-state index in [4.69, 9.17) is 10.4 Å². The second-order valence-electron chi connectivity index (χ2n) is 4.37. The molecule has 6 nitrogen and oxygen atoms in total. The number of carboxylic acid groups (broad SMARTS) is 1. The molecule has 19 heavy (non-hydrogen) atoms. The summed E-state index contributed by atoms with van der Waals surface area (Å²) >= 11 is 0. The molecule has 1 N–H and O–H groups in total. The van der Waals surface area contributed by atoms with E-state index >= 15 is 0 Å². The van der Waals surface area contributed by atoms with Crippen LogP contribution in [0, 0.1) is 11.3 Å². The summed E-state index contributed by atoms with van der Waals surface area (Å²) < 4.78 is 23.3. The molecule has 2 rings (SSSR count). The maximum Gasteiger partial charge on any atom is 0.407 e. The Kier molecular flexibility index (Phi) is 3.44. The molecule has 0 aromatic heterocycles. The molecule has 0 unspecified atom stereocenters. The van der Waals surface area contributed by atoms with Gasteiger partial charge >= 0.3 is 6.09 Å². The van der Waals surface area contributed by atoms with Gasteiger partial charge < -0.3 is 10.0 Å². The van der Waals surface area contributed by atoms with Gasteiger partial charge in [-0.1, -0.05) is 12.1 Å². The maximum atomic E-state index is 11.6. The third-order valence-corrected chi connectivity index (χ3v) is 4.62. The van der Waals surface area contributed by atoms with Crippen molar-refractivity contribution in [2.75, 3.05) is 18.8 Å². The summed E-state index contributed by atoms with van der Waals surface area (Å²) in [6.45, 7) is 0.860. The van der Waals surface area contributed by atoms with Gasteiger partial charge in [-0.15, -0.1) is 0 Å². The first kappa shape index (κ1) is 13.4. The molecule has 0 spiro atoms. The number of nitriles is 1. The molecule has 1 heterocycles. The SMILES string of the molecule is N#CCS(=O)(=O)c1ccc(C2CN(C(=O)O)C2)cc1. The van der Waals surface area contributed by atoms with E-state index in [0.29, 0.717) is 13.1 Å². The molecule has 100 valence electrons. The predicted molar refractivity (Wildman–Crippen MR) is 66.4 cm³/mol. The molecular formula is C12H12N2O4S. The van der Waals surface area contributed by atoms with Crippen molar-refractivity contribution in [2.24, 2.45) is 0 Å². The van der Waals surface area contributed by atoms with Crippen LogP contribution < -0.4 is 0 Å². The first-order valence-corrected chi connectivity index (χ1v) is 7.27. The minimum atomic E-state index is -3.53. The Morgan fingerprint density at radius 2 is 1.95 bits per heavy atom. The molecule has 0 bridgehead atoms. The van der Waals surface area contributed by atoms with Gasteiger partial charge in [0.15, 0.2) is 9.84 Å². The Morgan fingerprint density at radius 1 is 1.37 bits per heavy atom. The third kappa shape index (κ3) is 2.69. The smallest absolute Gasteiger partial charge is 0.407 e. The number of hydrogen-bond donors (Lipinski definition) is 1. The molecule has 1 aromatic rings. The lowest BCUT2D eigenvalue weighted by Crippen LogP contribution is -2.47. The van der Waals surface area contributed by atoms with Gasteiger partial charge in [0.1, 0.15) is 5.75 Å². The Labute approximate surface area is 110 Å². The lowest BCUT2D eigenvalue weighted by Gasteiger charge is -2.37. The van der Waals surface area contributed by atoms with Crippen LogP contribution in [0.5, 0.6) is 0 Å². The van der Waals surface area contributed by atoms with E-state index in [1.807, 2.05) is 0 Å². The van der Waals surface area contributed by atoms with E-state index in [9.17, 15) is 13.2 Å². The van der Waals surface area contributed by atoms with Gasteiger partial charge in [-0.2, -0.15) is 5.26 Å². The minimum Gasteiger partial charge on any atom is -0.465 e. The normalized spacial score (nSPS) is 15.6. The topological polar surface area (TPSA) is 98.5 Å². The average molecular weight is 280 g/mol. The van der Waals surface area contributed by atoms with E-state index < -0.39 is 21.7 Å². The number of benzene rings is 1. The van der Waals surface area contributed by atoms with Crippen LogP contribution in [-0.4, -0.2) is 43.4 Å². The van der Waals surface area contributed by atoms with E-state index in [-0.39, 0.29) is 10.8 Å². The molecule has 1 aromatic carbocycles. The molecule has 0 atom stereocenters. The van der Waals surface area contributed by atoms with Crippen LogP contribution in [0.4, 0.5) is 4.79 Å². The van der Waals surface area contributed by atoms with Gasteiger partial charge in [0.25, 0.3) is 0 Å². The average Bonchev–Trinajstić information content (AvgIpc) is 2.27. The molecular weight excluding hydrogens is 268 g/mol. The Balaban J connectivity index is 2.09. The van der Waals surface area contributed by atoms with Crippen LogP contribution in [0.2, 0.25) is 0 Å². The summed E-state index contributed by atoms with van der Waals surface area (Å²) in [4.78, 5) is 12.0. The van der Waals surface area contributed by atoms with Crippen molar-refractivity contribution in [2.45, 2.75) is 10.8 Å². The van der Waals surface area contributed by atoms with Crippen LogP contribution in [0.25, 0.3) is 0 Å². The number of likely N-dealkylation sites (tertiary alicyclic amines) is 1. The second-order valence-corrected chi connectivity index (χ2v) is 6.36. The highest BCUT2D eigenvalue weighted by Gasteiger charge is 2.31. The Morgan fingerprint density at radius 3 is 2.42 bits per heavy atom. The number of amides is 1. The lowest BCUT2D eigenvalue weighted by molar-refractivity contribution is 0.105. The summed E-state index contributed by atoms with van der Waals surface area (Å²) in [7, 11) is -3.53. The fraction of sp³-hybridized carbons (Fsp3) is 0.333. The largest absolute Gasteiger partial charge is 0.465 e. The van der Waals surface area contributed by atoms with E-state index in [1.165, 1.54) is 17.0 Å². The first-order valence-electron chi connectivity index (χ1n) is 5.61. The zero-order chi connectivity index (χ0) is 14.0. The number of rotatable bonds is 3. The molecule has 1 saturated heterocycles. The van der Waals surface area contributed by atoms with Crippen molar-refractivity contribution >= 4 is 15.9 Å². The van der Waals surface area contributed by atoms with Crippen LogP contribution in [-0.2, 0) is 9.84 Å². The predicted octanol–water partition coefficient (Wildman–Crippen LogP) is 1.06. The number of carbonyl (C=O) groups is 1. The fourth-order valence-corrected chi connectivity index (χ4v) is 2.85. The highest BCUT2D eigenvalue weighted by atomic mass is 32.2. The Bertz CT molecular complexity index is 625. The van der Waals surface area contributed by atoms with Crippen molar-refractivity contribution in [1.29, 1.82) is 5.26 Å². The van der Waals surface area contributed by atoms with Gasteiger partial charge in [-0.05, 0) is 17.7 Å². The standard InChI is InChI=1S/C12H12N2O4S/c13-5-6-19(17,18)11-3-1-9(2-4-11)10-7-14(8-10)12(15)16/h1-4,10H,6-8H2,(H,15,16). The summed E-state index contributed by atoms with van der Waals surface area (Å²) in [5.41, 5.74) is 0.911. The summed E-state index contributed by atoms with van der Waals surface area (Å²) in [6.07, 6.45) is -0.940. The van der Waals surface area contributed by atoms with Gasteiger partial charge in [0, 0.05) is 19.0 Å². The molecule has 1 amide bonds. The monoisotopic (exact) mass is 280 g/mol. The highest BCUT2D eigenvalue weighted by molar-refractivity contribution is 7.91. The maximum absolute atomic E-state index is 11.6. The fourth-order valence-electron chi connectivity index (χ4n) is 1.96. The minimum absolute atomic E-state index is 0.115. The highest BCUT2D eigenvalue weighted by Crippen LogP contribution is 2.27. The number of sulfone groups is 1. The molecule has 1 aliphatic heterocycles.